The van der Waals surface area contributed by atoms with Crippen LogP contribution in [0, 0.1) is 0 Å². The zero-order valence-electron chi connectivity index (χ0n) is 10.4. The highest BCUT2D eigenvalue weighted by atomic mass is 79.9. The predicted octanol–water partition coefficient (Wildman–Crippen LogP) is 5.94. The van der Waals surface area contributed by atoms with E-state index in [4.69, 9.17) is 16.3 Å². The number of halogens is 3. The smallest absolute Gasteiger partial charge is 0.124 e. The van der Waals surface area contributed by atoms with Crippen molar-refractivity contribution in [1.29, 1.82) is 0 Å². The van der Waals surface area contributed by atoms with Gasteiger partial charge in [-0.3, -0.25) is 0 Å². The Labute approximate surface area is 135 Å². The van der Waals surface area contributed by atoms with Gasteiger partial charge in [-0.15, -0.1) is 11.6 Å². The first-order chi connectivity index (χ1) is 9.13. The van der Waals surface area contributed by atoms with Crippen LogP contribution < -0.4 is 4.74 Å². The van der Waals surface area contributed by atoms with Gasteiger partial charge in [0, 0.05) is 14.5 Å². The van der Waals surface area contributed by atoms with Gasteiger partial charge in [-0.1, -0.05) is 50.1 Å². The Bertz CT molecular complexity index is 572. The normalized spacial score (nSPS) is 12.2. The molecule has 19 heavy (non-hydrogen) atoms. The molecule has 2 rings (SSSR count). The number of hydrogen-bond acceptors (Lipinski definition) is 1. The van der Waals surface area contributed by atoms with Crippen LogP contribution in [0.25, 0.3) is 0 Å². The standard InChI is InChI=1S/C15H13Br2ClO/c1-2-19-14-8-7-10(16)9-12(14)15(18)11-5-3-4-6-13(11)17/h3-9,15H,2H2,1H3. The van der Waals surface area contributed by atoms with E-state index in [0.717, 1.165) is 25.8 Å². The number of benzene rings is 2. The van der Waals surface area contributed by atoms with Crippen LogP contribution in [0.4, 0.5) is 0 Å². The van der Waals surface area contributed by atoms with Crippen molar-refractivity contribution < 1.29 is 4.74 Å². The lowest BCUT2D eigenvalue weighted by Crippen LogP contribution is -2.01. The van der Waals surface area contributed by atoms with Gasteiger partial charge in [-0.25, -0.2) is 0 Å². The fourth-order valence-electron chi connectivity index (χ4n) is 1.85. The summed E-state index contributed by atoms with van der Waals surface area (Å²) in [5, 5.41) is -0.255. The number of alkyl halides is 1. The summed E-state index contributed by atoms with van der Waals surface area (Å²) in [7, 11) is 0. The van der Waals surface area contributed by atoms with Gasteiger partial charge in [0.05, 0.1) is 12.0 Å². The Morgan fingerprint density at radius 3 is 2.53 bits per heavy atom. The molecule has 0 aliphatic heterocycles. The second-order valence-corrected chi connectivity index (χ2v) is 6.21. The maximum Gasteiger partial charge on any atom is 0.124 e. The minimum Gasteiger partial charge on any atom is -0.494 e. The molecule has 0 saturated heterocycles. The van der Waals surface area contributed by atoms with Gasteiger partial charge in [0.2, 0.25) is 0 Å². The van der Waals surface area contributed by atoms with Crippen molar-refractivity contribution in [1.82, 2.24) is 0 Å². The molecule has 0 amide bonds. The third-order valence-corrected chi connectivity index (χ3v) is 4.41. The summed E-state index contributed by atoms with van der Waals surface area (Å²) in [5.41, 5.74) is 1.99. The minimum absolute atomic E-state index is 0.255. The van der Waals surface area contributed by atoms with Gasteiger partial charge in [-0.05, 0) is 36.8 Å². The van der Waals surface area contributed by atoms with Gasteiger partial charge in [0.15, 0.2) is 0 Å². The van der Waals surface area contributed by atoms with Crippen molar-refractivity contribution in [3.63, 3.8) is 0 Å². The van der Waals surface area contributed by atoms with Crippen molar-refractivity contribution in [2.75, 3.05) is 6.61 Å². The van der Waals surface area contributed by atoms with Crippen LogP contribution in [0.1, 0.15) is 23.4 Å². The van der Waals surface area contributed by atoms with E-state index in [-0.39, 0.29) is 5.38 Å². The molecule has 2 aromatic carbocycles. The van der Waals surface area contributed by atoms with E-state index < -0.39 is 0 Å². The highest BCUT2D eigenvalue weighted by molar-refractivity contribution is 9.10. The van der Waals surface area contributed by atoms with Crippen molar-refractivity contribution >= 4 is 43.5 Å². The Morgan fingerprint density at radius 2 is 1.84 bits per heavy atom. The molecule has 0 aliphatic carbocycles. The maximum atomic E-state index is 6.62. The molecule has 0 heterocycles. The van der Waals surface area contributed by atoms with Gasteiger partial charge in [0.1, 0.15) is 5.75 Å². The zero-order valence-corrected chi connectivity index (χ0v) is 14.3. The molecular weight excluding hydrogens is 391 g/mol. The number of hydrogen-bond donors (Lipinski definition) is 0. The van der Waals surface area contributed by atoms with Crippen LogP contribution in [0.2, 0.25) is 0 Å². The molecule has 0 spiro atoms. The molecule has 0 saturated carbocycles. The van der Waals surface area contributed by atoms with Crippen molar-refractivity contribution in [2.24, 2.45) is 0 Å². The van der Waals surface area contributed by atoms with Gasteiger partial charge >= 0.3 is 0 Å². The quantitative estimate of drug-likeness (QED) is 0.573. The molecule has 1 atom stereocenters. The Hall–Kier alpha value is -0.510. The SMILES string of the molecule is CCOc1ccc(Br)cc1C(Cl)c1ccccc1Br. The lowest BCUT2D eigenvalue weighted by Gasteiger charge is -2.17. The molecule has 0 fully saturated rings. The monoisotopic (exact) mass is 402 g/mol. The van der Waals surface area contributed by atoms with Crippen LogP contribution in [-0.2, 0) is 0 Å². The summed E-state index contributed by atoms with van der Waals surface area (Å²) in [6.45, 7) is 2.59. The molecule has 2 aromatic rings. The first-order valence-corrected chi connectivity index (χ1v) is 7.96. The van der Waals surface area contributed by atoms with Crippen LogP contribution in [0.3, 0.4) is 0 Å². The average Bonchev–Trinajstić information content (AvgIpc) is 2.41. The summed E-state index contributed by atoms with van der Waals surface area (Å²) in [6, 6.07) is 13.9. The molecule has 0 radical (unpaired) electrons. The molecule has 0 bridgehead atoms. The highest BCUT2D eigenvalue weighted by Crippen LogP contribution is 2.39. The number of rotatable bonds is 4. The van der Waals surface area contributed by atoms with E-state index in [2.05, 4.69) is 31.9 Å². The van der Waals surface area contributed by atoms with Crippen LogP contribution >= 0.6 is 43.5 Å². The maximum absolute atomic E-state index is 6.62. The second kappa shape index (κ2) is 6.78. The van der Waals surface area contributed by atoms with E-state index in [9.17, 15) is 0 Å². The molecule has 1 unspecified atom stereocenters. The summed E-state index contributed by atoms with van der Waals surface area (Å²) in [6.07, 6.45) is 0. The van der Waals surface area contributed by atoms with Crippen molar-refractivity contribution in [3.8, 4) is 5.75 Å². The minimum atomic E-state index is -0.255. The van der Waals surface area contributed by atoms with Crippen molar-refractivity contribution in [2.45, 2.75) is 12.3 Å². The molecule has 100 valence electrons. The predicted molar refractivity (Wildman–Crippen MR) is 87.1 cm³/mol. The molecular formula is C15H13Br2ClO. The van der Waals surface area contributed by atoms with E-state index in [1.165, 1.54) is 0 Å². The van der Waals surface area contributed by atoms with E-state index >= 15 is 0 Å². The lowest BCUT2D eigenvalue weighted by molar-refractivity contribution is 0.337. The Morgan fingerprint density at radius 1 is 1.11 bits per heavy atom. The molecule has 0 aliphatic rings. The van der Waals surface area contributed by atoms with E-state index in [0.29, 0.717) is 6.61 Å². The first-order valence-electron chi connectivity index (χ1n) is 5.94. The summed E-state index contributed by atoms with van der Waals surface area (Å²) in [5.74, 6) is 0.821. The molecule has 0 N–H and O–H groups in total. The average molecular weight is 405 g/mol. The number of ether oxygens (including phenoxy) is 1. The van der Waals surface area contributed by atoms with Crippen molar-refractivity contribution in [3.05, 3.63) is 62.5 Å². The van der Waals surface area contributed by atoms with Crippen LogP contribution in [0.15, 0.2) is 51.4 Å². The van der Waals surface area contributed by atoms with Crippen LogP contribution in [0.5, 0.6) is 5.75 Å². The Kier molecular flexibility index (Phi) is 5.31. The molecule has 4 heteroatoms. The lowest BCUT2D eigenvalue weighted by atomic mass is 10.0. The van der Waals surface area contributed by atoms with Crippen LogP contribution in [-0.4, -0.2) is 6.61 Å². The third-order valence-electron chi connectivity index (χ3n) is 2.72. The first kappa shape index (κ1) is 14.9. The summed E-state index contributed by atoms with van der Waals surface area (Å²) >= 11 is 13.6. The molecule has 1 nitrogen and oxygen atoms in total. The van der Waals surface area contributed by atoms with Gasteiger partial charge < -0.3 is 4.74 Å². The summed E-state index contributed by atoms with van der Waals surface area (Å²) in [4.78, 5) is 0. The van der Waals surface area contributed by atoms with Gasteiger partial charge in [0.25, 0.3) is 0 Å². The second-order valence-electron chi connectivity index (χ2n) is 4.00. The fraction of sp³-hybridized carbons (Fsp3) is 0.200. The largest absolute Gasteiger partial charge is 0.494 e. The highest BCUT2D eigenvalue weighted by Gasteiger charge is 2.18. The fourth-order valence-corrected chi connectivity index (χ4v) is 3.24. The summed E-state index contributed by atoms with van der Waals surface area (Å²) < 4.78 is 7.64. The molecule has 0 aromatic heterocycles. The Balaban J connectivity index is 2.45. The zero-order chi connectivity index (χ0) is 13.8. The topological polar surface area (TPSA) is 9.23 Å². The van der Waals surface area contributed by atoms with Gasteiger partial charge in [-0.2, -0.15) is 0 Å². The van der Waals surface area contributed by atoms with E-state index in [1.807, 2.05) is 49.4 Å². The third kappa shape index (κ3) is 3.53. The van der Waals surface area contributed by atoms with E-state index in [1.54, 1.807) is 0 Å².